The molecule has 2 rings (SSSR count). The molecule has 0 aliphatic carbocycles. The van der Waals surface area contributed by atoms with Crippen molar-refractivity contribution in [3.8, 4) is 0 Å². The van der Waals surface area contributed by atoms with Gasteiger partial charge in [0.2, 0.25) is 5.91 Å². The molecule has 1 aliphatic heterocycles. The van der Waals surface area contributed by atoms with E-state index in [1.54, 1.807) is 6.20 Å². The Bertz CT molecular complexity index is 408. The number of carbonyl (C=O) groups is 1. The minimum atomic E-state index is 0.0902. The molecule has 1 saturated heterocycles. The Labute approximate surface area is 108 Å². The van der Waals surface area contributed by atoms with Gasteiger partial charge in [0.15, 0.2) is 0 Å². The van der Waals surface area contributed by atoms with Crippen molar-refractivity contribution in [2.45, 2.75) is 19.8 Å². The Kier molecular flexibility index (Phi) is 4.39. The second-order valence-electron chi connectivity index (χ2n) is 4.45. The highest BCUT2D eigenvalue weighted by Gasteiger charge is 2.15. The molecule has 1 aromatic rings. The first-order chi connectivity index (χ1) is 8.79. The average molecular weight is 248 g/mol. The summed E-state index contributed by atoms with van der Waals surface area (Å²) in [5, 5.41) is 6.14. The minimum absolute atomic E-state index is 0.0902. The standard InChI is InChI=1S/C13H20N4O/c1-2-5-14-12-9-11(4-7-15-12)17-8-3-6-16-13(18)10-17/h4,7,9H,2-3,5-6,8,10H2,1H3,(H,14,15)(H,16,18). The molecule has 0 aromatic carbocycles. The maximum Gasteiger partial charge on any atom is 0.239 e. The first-order valence-corrected chi connectivity index (χ1v) is 6.51. The quantitative estimate of drug-likeness (QED) is 0.841. The molecule has 0 saturated carbocycles. The number of hydrogen-bond donors (Lipinski definition) is 2. The summed E-state index contributed by atoms with van der Waals surface area (Å²) in [7, 11) is 0. The number of amides is 1. The largest absolute Gasteiger partial charge is 0.370 e. The number of carbonyl (C=O) groups excluding carboxylic acids is 1. The normalized spacial score (nSPS) is 16.1. The zero-order chi connectivity index (χ0) is 12.8. The van der Waals surface area contributed by atoms with Crippen molar-refractivity contribution in [3.05, 3.63) is 18.3 Å². The number of nitrogens with one attached hydrogen (secondary N) is 2. The van der Waals surface area contributed by atoms with Crippen molar-refractivity contribution in [2.75, 3.05) is 36.4 Å². The van der Waals surface area contributed by atoms with Gasteiger partial charge >= 0.3 is 0 Å². The second-order valence-corrected chi connectivity index (χ2v) is 4.45. The second kappa shape index (κ2) is 6.23. The van der Waals surface area contributed by atoms with Crippen molar-refractivity contribution in [1.82, 2.24) is 10.3 Å². The first-order valence-electron chi connectivity index (χ1n) is 6.51. The van der Waals surface area contributed by atoms with Gasteiger partial charge in [0.05, 0.1) is 6.54 Å². The van der Waals surface area contributed by atoms with Gasteiger partial charge in [0, 0.05) is 37.6 Å². The Morgan fingerprint density at radius 3 is 3.28 bits per heavy atom. The van der Waals surface area contributed by atoms with Crippen LogP contribution < -0.4 is 15.5 Å². The predicted molar refractivity (Wildman–Crippen MR) is 72.9 cm³/mol. The number of anilines is 2. The molecule has 2 heterocycles. The van der Waals surface area contributed by atoms with E-state index in [0.29, 0.717) is 6.54 Å². The summed E-state index contributed by atoms with van der Waals surface area (Å²) in [5.41, 5.74) is 1.06. The van der Waals surface area contributed by atoms with Crippen molar-refractivity contribution < 1.29 is 4.79 Å². The highest BCUT2D eigenvalue weighted by molar-refractivity contribution is 5.81. The third-order valence-corrected chi connectivity index (χ3v) is 2.93. The molecule has 98 valence electrons. The molecular weight excluding hydrogens is 228 g/mol. The molecule has 0 radical (unpaired) electrons. The first kappa shape index (κ1) is 12.7. The van der Waals surface area contributed by atoms with E-state index in [-0.39, 0.29) is 5.91 Å². The number of hydrogen-bond acceptors (Lipinski definition) is 4. The van der Waals surface area contributed by atoms with Crippen LogP contribution in [0.3, 0.4) is 0 Å². The number of nitrogens with zero attached hydrogens (tertiary/aromatic N) is 2. The van der Waals surface area contributed by atoms with E-state index < -0.39 is 0 Å². The Balaban J connectivity index is 2.08. The maximum atomic E-state index is 11.5. The summed E-state index contributed by atoms with van der Waals surface area (Å²) < 4.78 is 0. The lowest BCUT2D eigenvalue weighted by atomic mass is 10.3. The summed E-state index contributed by atoms with van der Waals surface area (Å²) in [4.78, 5) is 17.9. The fourth-order valence-corrected chi connectivity index (χ4v) is 1.99. The van der Waals surface area contributed by atoms with Gasteiger partial charge in [-0.05, 0) is 18.9 Å². The summed E-state index contributed by atoms with van der Waals surface area (Å²) in [6.45, 7) is 5.13. The van der Waals surface area contributed by atoms with E-state index >= 15 is 0 Å². The van der Waals surface area contributed by atoms with Crippen LogP contribution in [0.4, 0.5) is 11.5 Å². The lowest BCUT2D eigenvalue weighted by Gasteiger charge is -2.21. The highest BCUT2D eigenvalue weighted by atomic mass is 16.2. The van der Waals surface area contributed by atoms with E-state index in [0.717, 1.165) is 44.0 Å². The van der Waals surface area contributed by atoms with Crippen molar-refractivity contribution in [2.24, 2.45) is 0 Å². The number of pyridine rings is 1. The van der Waals surface area contributed by atoms with Gasteiger partial charge in [-0.15, -0.1) is 0 Å². The molecule has 1 fully saturated rings. The van der Waals surface area contributed by atoms with E-state index in [4.69, 9.17) is 0 Å². The van der Waals surface area contributed by atoms with E-state index in [9.17, 15) is 4.79 Å². The lowest BCUT2D eigenvalue weighted by molar-refractivity contribution is -0.119. The van der Waals surface area contributed by atoms with Gasteiger partial charge < -0.3 is 15.5 Å². The molecule has 5 heteroatoms. The smallest absolute Gasteiger partial charge is 0.239 e. The molecule has 0 spiro atoms. The number of rotatable bonds is 4. The van der Waals surface area contributed by atoms with Gasteiger partial charge in [-0.3, -0.25) is 4.79 Å². The van der Waals surface area contributed by atoms with Gasteiger partial charge in [0.1, 0.15) is 5.82 Å². The SMILES string of the molecule is CCCNc1cc(N2CCCNC(=O)C2)ccn1. The van der Waals surface area contributed by atoms with E-state index in [2.05, 4.69) is 27.4 Å². The van der Waals surface area contributed by atoms with Crippen LogP contribution in [0.15, 0.2) is 18.3 Å². The lowest BCUT2D eigenvalue weighted by Crippen LogP contribution is -2.33. The number of aromatic nitrogens is 1. The van der Waals surface area contributed by atoms with Crippen LogP contribution >= 0.6 is 0 Å². The third kappa shape index (κ3) is 3.35. The van der Waals surface area contributed by atoms with Crippen LogP contribution in [0, 0.1) is 0 Å². The predicted octanol–water partition coefficient (Wildman–Crippen LogP) is 1.23. The Morgan fingerprint density at radius 2 is 2.44 bits per heavy atom. The monoisotopic (exact) mass is 248 g/mol. The molecule has 18 heavy (non-hydrogen) atoms. The zero-order valence-electron chi connectivity index (χ0n) is 10.8. The van der Waals surface area contributed by atoms with Crippen LogP contribution in [0.1, 0.15) is 19.8 Å². The molecule has 1 aliphatic rings. The fraction of sp³-hybridized carbons (Fsp3) is 0.538. The Morgan fingerprint density at radius 1 is 1.56 bits per heavy atom. The molecule has 1 aromatic heterocycles. The molecule has 0 atom stereocenters. The van der Waals surface area contributed by atoms with E-state index in [1.165, 1.54) is 0 Å². The zero-order valence-corrected chi connectivity index (χ0v) is 10.8. The van der Waals surface area contributed by atoms with Crippen LogP contribution in [-0.2, 0) is 4.79 Å². The van der Waals surface area contributed by atoms with Crippen LogP contribution in [0.2, 0.25) is 0 Å². The van der Waals surface area contributed by atoms with Crippen LogP contribution in [0.5, 0.6) is 0 Å². The van der Waals surface area contributed by atoms with Crippen molar-refractivity contribution in [3.63, 3.8) is 0 Å². The fourth-order valence-electron chi connectivity index (χ4n) is 1.99. The molecule has 5 nitrogen and oxygen atoms in total. The minimum Gasteiger partial charge on any atom is -0.370 e. The molecule has 1 amide bonds. The maximum absolute atomic E-state index is 11.5. The summed E-state index contributed by atoms with van der Waals surface area (Å²) in [6.07, 6.45) is 3.83. The van der Waals surface area contributed by atoms with Gasteiger partial charge in [-0.2, -0.15) is 0 Å². The Hall–Kier alpha value is -1.78. The average Bonchev–Trinajstić information content (AvgIpc) is 2.61. The van der Waals surface area contributed by atoms with Crippen LogP contribution in [0.25, 0.3) is 0 Å². The van der Waals surface area contributed by atoms with Crippen molar-refractivity contribution in [1.29, 1.82) is 0 Å². The highest BCUT2D eigenvalue weighted by Crippen LogP contribution is 2.18. The summed E-state index contributed by atoms with van der Waals surface area (Å²) >= 11 is 0. The van der Waals surface area contributed by atoms with Gasteiger partial charge in [-0.25, -0.2) is 4.98 Å². The van der Waals surface area contributed by atoms with Crippen molar-refractivity contribution >= 4 is 17.4 Å². The third-order valence-electron chi connectivity index (χ3n) is 2.93. The van der Waals surface area contributed by atoms with Gasteiger partial charge in [0.25, 0.3) is 0 Å². The summed E-state index contributed by atoms with van der Waals surface area (Å²) in [5.74, 6) is 0.964. The molecule has 0 bridgehead atoms. The molecule has 2 N–H and O–H groups in total. The topological polar surface area (TPSA) is 57.3 Å². The molecular formula is C13H20N4O. The van der Waals surface area contributed by atoms with E-state index in [1.807, 2.05) is 12.1 Å². The molecule has 0 unspecified atom stereocenters. The van der Waals surface area contributed by atoms with Crippen LogP contribution in [-0.4, -0.2) is 37.1 Å². The van der Waals surface area contributed by atoms with Gasteiger partial charge in [-0.1, -0.05) is 6.92 Å². The summed E-state index contributed by atoms with van der Waals surface area (Å²) in [6, 6.07) is 3.96.